The molecule has 8 heavy (non-hydrogen) atoms. The molecule has 0 aliphatic carbocycles. The van der Waals surface area contributed by atoms with Crippen LogP contribution in [0.15, 0.2) is 0 Å². The lowest BCUT2D eigenvalue weighted by molar-refractivity contribution is 0.275. The third-order valence-corrected chi connectivity index (χ3v) is 0. The SMILES string of the molecule is ClC(Cl)Cl.O=C(Cl)Cl. The Bertz CT molecular complexity index is 54.7. The highest BCUT2D eigenvalue weighted by atomic mass is 35.6. The van der Waals surface area contributed by atoms with Crippen molar-refractivity contribution in [2.75, 3.05) is 0 Å². The van der Waals surface area contributed by atoms with Gasteiger partial charge >= 0.3 is 4.70 Å². The smallest absolute Gasteiger partial charge is 0.262 e. The van der Waals surface area contributed by atoms with E-state index in [1.807, 2.05) is 0 Å². The molecule has 0 saturated carbocycles. The molecule has 0 N–H and O–H groups in total. The van der Waals surface area contributed by atoms with Gasteiger partial charge in [-0.15, -0.1) is 0 Å². The average Bonchev–Trinajstić information content (AvgIpc) is 1.25. The van der Waals surface area contributed by atoms with Crippen LogP contribution < -0.4 is 0 Å². The van der Waals surface area contributed by atoms with Gasteiger partial charge < -0.3 is 0 Å². The lowest BCUT2D eigenvalue weighted by Crippen LogP contribution is -1.55. The van der Waals surface area contributed by atoms with E-state index in [2.05, 4.69) is 23.2 Å². The van der Waals surface area contributed by atoms with Crippen LogP contribution in [0.4, 0.5) is 4.79 Å². The molecule has 0 amide bonds. The fourth-order valence-electron chi connectivity index (χ4n) is 0. The van der Waals surface area contributed by atoms with E-state index in [1.54, 1.807) is 0 Å². The summed E-state index contributed by atoms with van der Waals surface area (Å²) in [6, 6.07) is 0. The fourth-order valence-corrected chi connectivity index (χ4v) is 0. The van der Waals surface area contributed by atoms with Crippen molar-refractivity contribution in [2.45, 2.75) is 4.30 Å². The largest absolute Gasteiger partial charge is 0.313 e. The number of alkyl halides is 3. The van der Waals surface area contributed by atoms with E-state index in [9.17, 15) is 0 Å². The third kappa shape index (κ3) is 213. The first-order valence-electron chi connectivity index (χ1n) is 1.24. The number of halogens is 5. The van der Waals surface area contributed by atoms with E-state index in [0.717, 1.165) is 0 Å². The first-order valence-corrected chi connectivity index (χ1v) is 3.30. The molecule has 0 aromatic carbocycles. The molecule has 6 heteroatoms. The monoisotopic (exact) mass is 216 g/mol. The zero-order valence-electron chi connectivity index (χ0n) is 3.38. The summed E-state index contributed by atoms with van der Waals surface area (Å²) in [5.41, 5.74) is 0. The summed E-state index contributed by atoms with van der Waals surface area (Å²) in [6.07, 6.45) is 0. The lowest BCUT2D eigenvalue weighted by Gasteiger charge is -1.69. The molecule has 0 fully saturated rings. The first kappa shape index (κ1) is 11.9. The number of carbonyl (C=O) groups is 1. The zero-order valence-corrected chi connectivity index (χ0v) is 7.16. The molecule has 1 nitrogen and oxygen atoms in total. The van der Waals surface area contributed by atoms with E-state index < -0.39 is 9.00 Å². The van der Waals surface area contributed by atoms with Gasteiger partial charge in [0, 0.05) is 0 Å². The van der Waals surface area contributed by atoms with Gasteiger partial charge in [-0.1, -0.05) is 34.8 Å². The second kappa shape index (κ2) is 8.12. The Hall–Kier alpha value is 1.12. The third-order valence-electron chi connectivity index (χ3n) is 0. The molecule has 0 unspecified atom stereocenters. The summed E-state index contributed by atoms with van der Waals surface area (Å²) in [5, 5.41) is 0. The molecule has 0 atom stereocenters. The number of rotatable bonds is 0. The number of carbonyl (C=O) groups excluding carboxylic acids is 1. The van der Waals surface area contributed by atoms with Gasteiger partial charge in [0.2, 0.25) is 0 Å². The van der Waals surface area contributed by atoms with Crippen molar-refractivity contribution in [2.24, 2.45) is 0 Å². The van der Waals surface area contributed by atoms with E-state index in [4.69, 9.17) is 39.6 Å². The summed E-state index contributed by atoms with van der Waals surface area (Å²) in [6.45, 7) is 0. The van der Waals surface area contributed by atoms with Crippen LogP contribution in [0.3, 0.4) is 0 Å². The molecular formula is C2HCl5O. The summed E-state index contributed by atoms with van der Waals surface area (Å²) in [5.74, 6) is 0. The van der Waals surface area contributed by atoms with Gasteiger partial charge in [0.25, 0.3) is 0 Å². The highest BCUT2D eigenvalue weighted by molar-refractivity contribution is 6.93. The van der Waals surface area contributed by atoms with Crippen molar-refractivity contribution < 1.29 is 4.79 Å². The summed E-state index contributed by atoms with van der Waals surface area (Å²) in [7, 11) is 0. The summed E-state index contributed by atoms with van der Waals surface area (Å²) < 4.78 is -1.64. The topological polar surface area (TPSA) is 17.1 Å². The van der Waals surface area contributed by atoms with Gasteiger partial charge in [-0.3, -0.25) is 4.79 Å². The van der Waals surface area contributed by atoms with Crippen LogP contribution in [0.2, 0.25) is 0 Å². The predicted octanol–water partition coefficient (Wildman–Crippen LogP) is 3.57. The molecule has 0 heterocycles. The van der Waals surface area contributed by atoms with Crippen LogP contribution in [-0.2, 0) is 0 Å². The normalized spacial score (nSPS) is 7.75. The Morgan fingerprint density at radius 1 is 1.12 bits per heavy atom. The standard InChI is InChI=1S/CHCl3.CCl2O/c2*2-1(3)4/h1H;. The minimum absolute atomic E-state index is 0.750. The van der Waals surface area contributed by atoms with Gasteiger partial charge in [0.1, 0.15) is 0 Å². The molecule has 0 spiro atoms. The zero-order chi connectivity index (χ0) is 7.15. The van der Waals surface area contributed by atoms with Crippen LogP contribution in [0, 0.1) is 0 Å². The minimum atomic E-state index is -0.889. The van der Waals surface area contributed by atoms with Gasteiger partial charge in [0.15, 0.2) is 4.30 Å². The highest BCUT2D eigenvalue weighted by Gasteiger charge is 1.78. The fraction of sp³-hybridized carbons (Fsp3) is 0.500. The van der Waals surface area contributed by atoms with E-state index >= 15 is 0 Å². The first-order chi connectivity index (χ1) is 3.46. The molecule has 0 saturated heterocycles. The van der Waals surface area contributed by atoms with Gasteiger partial charge in [-0.25, -0.2) is 0 Å². The van der Waals surface area contributed by atoms with E-state index in [1.165, 1.54) is 0 Å². The van der Waals surface area contributed by atoms with Crippen molar-refractivity contribution in [1.82, 2.24) is 0 Å². The molecule has 50 valence electrons. The van der Waals surface area contributed by atoms with E-state index in [-0.39, 0.29) is 0 Å². The van der Waals surface area contributed by atoms with Crippen molar-refractivity contribution in [3.8, 4) is 0 Å². The summed E-state index contributed by atoms with van der Waals surface area (Å²) in [4.78, 5) is 8.98. The van der Waals surface area contributed by atoms with Crippen LogP contribution >= 0.6 is 58.0 Å². The lowest BCUT2D eigenvalue weighted by atomic mass is 11.8. The second-order valence-electron chi connectivity index (χ2n) is 0.473. The molecule has 0 aromatic heterocycles. The summed E-state index contributed by atoms with van der Waals surface area (Å²) >= 11 is 23.2. The van der Waals surface area contributed by atoms with Crippen molar-refractivity contribution in [1.29, 1.82) is 0 Å². The molecule has 0 aliphatic rings. The molecular weight excluding hydrogens is 217 g/mol. The Labute approximate surface area is 71.8 Å². The van der Waals surface area contributed by atoms with Crippen LogP contribution in [-0.4, -0.2) is 9.00 Å². The average molecular weight is 218 g/mol. The molecule has 0 bridgehead atoms. The molecule has 0 aromatic rings. The maximum Gasteiger partial charge on any atom is 0.313 e. The van der Waals surface area contributed by atoms with Gasteiger partial charge in [0.05, 0.1) is 0 Å². The Balaban J connectivity index is 0. The quantitative estimate of drug-likeness (QED) is 0.448. The molecule has 0 aliphatic heterocycles. The van der Waals surface area contributed by atoms with Crippen LogP contribution in [0.1, 0.15) is 0 Å². The predicted molar refractivity (Wildman–Crippen MR) is 38.4 cm³/mol. The molecule has 0 radical (unpaired) electrons. The van der Waals surface area contributed by atoms with Crippen molar-refractivity contribution in [3.63, 3.8) is 0 Å². The minimum Gasteiger partial charge on any atom is -0.262 e. The maximum absolute atomic E-state index is 8.98. The highest BCUT2D eigenvalue weighted by Crippen LogP contribution is 2.03. The second-order valence-corrected chi connectivity index (χ2v) is 3.33. The van der Waals surface area contributed by atoms with E-state index in [0.29, 0.717) is 0 Å². The van der Waals surface area contributed by atoms with Gasteiger partial charge in [-0.2, -0.15) is 0 Å². The Kier molecular flexibility index (Phi) is 12.0. The van der Waals surface area contributed by atoms with Crippen molar-refractivity contribution >= 4 is 62.7 Å². The number of hydrogen-bond acceptors (Lipinski definition) is 1. The van der Waals surface area contributed by atoms with Crippen molar-refractivity contribution in [3.05, 3.63) is 0 Å². The molecule has 0 rings (SSSR count). The van der Waals surface area contributed by atoms with Crippen LogP contribution in [0.25, 0.3) is 0 Å². The Morgan fingerprint density at radius 3 is 1.12 bits per heavy atom. The van der Waals surface area contributed by atoms with Crippen LogP contribution in [0.5, 0.6) is 0 Å². The Morgan fingerprint density at radius 2 is 1.12 bits per heavy atom. The maximum atomic E-state index is 8.98. The number of hydrogen-bond donors (Lipinski definition) is 0. The van der Waals surface area contributed by atoms with Gasteiger partial charge in [-0.05, 0) is 23.2 Å².